The average molecular weight is 289 g/mol. The summed E-state index contributed by atoms with van der Waals surface area (Å²) in [6.45, 7) is 1.77. The second-order valence-corrected chi connectivity index (χ2v) is 6.74. The van der Waals surface area contributed by atoms with E-state index < -0.39 is 0 Å². The number of nitrogens with zero attached hydrogens (tertiary/aromatic N) is 3. The summed E-state index contributed by atoms with van der Waals surface area (Å²) in [5.41, 5.74) is 7.37. The molecule has 0 spiro atoms. The second-order valence-electron chi connectivity index (χ2n) is 4.98. The Morgan fingerprint density at radius 3 is 3.06 bits per heavy atom. The van der Waals surface area contributed by atoms with E-state index in [2.05, 4.69) is 24.1 Å². The number of aromatic nitrogens is 2. The molecule has 1 saturated heterocycles. The maximum atomic E-state index is 6.37. The van der Waals surface area contributed by atoms with Gasteiger partial charge in [-0.05, 0) is 32.7 Å². The molecule has 0 saturated carbocycles. The van der Waals surface area contributed by atoms with E-state index in [1.165, 1.54) is 18.6 Å². The van der Waals surface area contributed by atoms with Gasteiger partial charge in [0.1, 0.15) is 0 Å². The first-order chi connectivity index (χ1) is 8.59. The lowest BCUT2D eigenvalue weighted by Gasteiger charge is -2.21. The minimum Gasteiger partial charge on any atom is -0.322 e. The highest BCUT2D eigenvalue weighted by molar-refractivity contribution is 8.00. The van der Waals surface area contributed by atoms with Gasteiger partial charge < -0.3 is 10.6 Å². The van der Waals surface area contributed by atoms with E-state index in [4.69, 9.17) is 17.3 Å². The molecule has 0 radical (unpaired) electrons. The summed E-state index contributed by atoms with van der Waals surface area (Å²) in [6.07, 6.45) is 4.15. The van der Waals surface area contributed by atoms with Crippen molar-refractivity contribution < 1.29 is 0 Å². The van der Waals surface area contributed by atoms with E-state index in [-0.39, 0.29) is 6.04 Å². The Morgan fingerprint density at radius 2 is 2.44 bits per heavy atom. The first-order valence-electron chi connectivity index (χ1n) is 6.32. The summed E-state index contributed by atoms with van der Waals surface area (Å²) >= 11 is 8.20. The highest BCUT2D eigenvalue weighted by atomic mass is 35.5. The summed E-state index contributed by atoms with van der Waals surface area (Å²) < 4.78 is 1.96. The number of hydrogen-bond donors (Lipinski definition) is 1. The van der Waals surface area contributed by atoms with Crippen molar-refractivity contribution >= 4 is 23.4 Å². The molecule has 0 amide bonds. The van der Waals surface area contributed by atoms with Crippen LogP contribution < -0.4 is 5.73 Å². The molecule has 0 aromatic carbocycles. The highest BCUT2D eigenvalue weighted by Crippen LogP contribution is 2.36. The van der Waals surface area contributed by atoms with Crippen LogP contribution in [-0.2, 0) is 6.54 Å². The topological polar surface area (TPSA) is 47.1 Å². The number of halogens is 1. The monoisotopic (exact) mass is 288 g/mol. The summed E-state index contributed by atoms with van der Waals surface area (Å²) in [6, 6.07) is -0.00494. The number of hydrogen-bond acceptors (Lipinski definition) is 4. The maximum Gasteiger partial charge on any atom is 0.0834 e. The largest absolute Gasteiger partial charge is 0.322 e. The van der Waals surface area contributed by atoms with Crippen molar-refractivity contribution in [3.05, 3.63) is 16.9 Å². The zero-order valence-electron chi connectivity index (χ0n) is 11.0. The molecule has 18 heavy (non-hydrogen) atoms. The first kappa shape index (κ1) is 14.2. The minimum absolute atomic E-state index is 0.00494. The number of thioether (sulfide) groups is 1. The molecule has 2 unspecified atom stereocenters. The Hall–Kier alpha value is -0.230. The van der Waals surface area contributed by atoms with Gasteiger partial charge in [0.2, 0.25) is 0 Å². The fourth-order valence-electron chi connectivity index (χ4n) is 2.24. The smallest absolute Gasteiger partial charge is 0.0834 e. The number of nitrogens with two attached hydrogens (primary N) is 1. The van der Waals surface area contributed by atoms with Crippen molar-refractivity contribution in [1.82, 2.24) is 14.7 Å². The highest BCUT2D eigenvalue weighted by Gasteiger charge is 2.28. The van der Waals surface area contributed by atoms with E-state index in [1.807, 2.05) is 16.4 Å². The van der Waals surface area contributed by atoms with Crippen molar-refractivity contribution in [2.45, 2.75) is 30.7 Å². The molecule has 2 N–H and O–H groups in total. The van der Waals surface area contributed by atoms with E-state index >= 15 is 0 Å². The minimum atomic E-state index is -0.00494. The Kier molecular flexibility index (Phi) is 4.95. The molecule has 0 bridgehead atoms. The van der Waals surface area contributed by atoms with Crippen LogP contribution in [0.3, 0.4) is 0 Å². The summed E-state index contributed by atoms with van der Waals surface area (Å²) in [5, 5.41) is 5.54. The van der Waals surface area contributed by atoms with Gasteiger partial charge in [-0.15, -0.1) is 0 Å². The molecule has 2 heterocycles. The summed E-state index contributed by atoms with van der Waals surface area (Å²) in [7, 11) is 4.11. The lowest BCUT2D eigenvalue weighted by Crippen LogP contribution is -2.27. The predicted octanol–water partition coefficient (Wildman–Crippen LogP) is 1.99. The van der Waals surface area contributed by atoms with Gasteiger partial charge in [-0.25, -0.2) is 0 Å². The third-order valence-corrected chi connectivity index (χ3v) is 5.05. The molecule has 1 fully saturated rings. The SMILES string of the molecule is CN(C)CCn1ncc(Cl)c1C(N)C1CCCS1. The van der Waals surface area contributed by atoms with Gasteiger partial charge in [0, 0.05) is 11.8 Å². The third kappa shape index (κ3) is 3.20. The Labute approximate surface area is 118 Å². The van der Waals surface area contributed by atoms with Gasteiger partial charge >= 0.3 is 0 Å². The van der Waals surface area contributed by atoms with Crippen LogP contribution in [0.25, 0.3) is 0 Å². The molecule has 0 aliphatic carbocycles. The van der Waals surface area contributed by atoms with Crippen LogP contribution >= 0.6 is 23.4 Å². The zero-order valence-corrected chi connectivity index (χ0v) is 12.5. The molecule has 2 rings (SSSR count). The molecular weight excluding hydrogens is 268 g/mol. The molecular formula is C12H21ClN4S. The molecule has 6 heteroatoms. The van der Waals surface area contributed by atoms with Gasteiger partial charge in [-0.3, -0.25) is 4.68 Å². The lowest BCUT2D eigenvalue weighted by atomic mass is 10.1. The van der Waals surface area contributed by atoms with Crippen molar-refractivity contribution in [2.24, 2.45) is 5.73 Å². The first-order valence-corrected chi connectivity index (χ1v) is 7.75. The van der Waals surface area contributed by atoms with E-state index in [9.17, 15) is 0 Å². The third-order valence-electron chi connectivity index (χ3n) is 3.27. The van der Waals surface area contributed by atoms with Gasteiger partial charge in [-0.2, -0.15) is 16.9 Å². The Morgan fingerprint density at radius 1 is 1.67 bits per heavy atom. The fourth-order valence-corrected chi connectivity index (χ4v) is 3.81. The van der Waals surface area contributed by atoms with E-state index in [0.29, 0.717) is 10.3 Å². The van der Waals surface area contributed by atoms with Crippen LogP contribution in [0.2, 0.25) is 5.02 Å². The van der Waals surface area contributed by atoms with Gasteiger partial charge in [-0.1, -0.05) is 11.6 Å². The van der Waals surface area contributed by atoms with Crippen LogP contribution in [0.5, 0.6) is 0 Å². The predicted molar refractivity (Wildman–Crippen MR) is 78.2 cm³/mol. The molecule has 4 nitrogen and oxygen atoms in total. The van der Waals surface area contributed by atoms with Gasteiger partial charge in [0.05, 0.1) is 29.5 Å². The van der Waals surface area contributed by atoms with E-state index in [0.717, 1.165) is 18.8 Å². The molecule has 2 atom stereocenters. The number of likely N-dealkylation sites (N-methyl/N-ethyl adjacent to an activating group) is 1. The van der Waals surface area contributed by atoms with Crippen molar-refractivity contribution in [3.8, 4) is 0 Å². The van der Waals surface area contributed by atoms with Gasteiger partial charge in [0.15, 0.2) is 0 Å². The fraction of sp³-hybridized carbons (Fsp3) is 0.750. The van der Waals surface area contributed by atoms with Crippen LogP contribution in [0.4, 0.5) is 0 Å². The van der Waals surface area contributed by atoms with Crippen molar-refractivity contribution in [3.63, 3.8) is 0 Å². The van der Waals surface area contributed by atoms with Crippen molar-refractivity contribution in [2.75, 3.05) is 26.4 Å². The number of rotatable bonds is 5. The summed E-state index contributed by atoms with van der Waals surface area (Å²) in [5.74, 6) is 1.21. The molecule has 102 valence electrons. The second kappa shape index (κ2) is 6.28. The van der Waals surface area contributed by atoms with Crippen LogP contribution in [0, 0.1) is 0 Å². The molecule has 1 aromatic rings. The Balaban J connectivity index is 2.12. The standard InChI is InChI=1S/C12H21ClN4S/c1-16(2)5-6-17-12(9(13)8-15-17)11(14)10-4-3-7-18-10/h8,10-11H,3-7,14H2,1-2H3. The maximum absolute atomic E-state index is 6.37. The molecule has 1 aromatic heterocycles. The van der Waals surface area contributed by atoms with E-state index in [1.54, 1.807) is 6.20 Å². The average Bonchev–Trinajstić information content (AvgIpc) is 2.94. The van der Waals surface area contributed by atoms with Crippen LogP contribution in [-0.4, -0.2) is 46.3 Å². The Bertz CT molecular complexity index is 387. The summed E-state index contributed by atoms with van der Waals surface area (Å²) in [4.78, 5) is 2.13. The van der Waals surface area contributed by atoms with Crippen molar-refractivity contribution in [1.29, 1.82) is 0 Å². The van der Waals surface area contributed by atoms with Crippen LogP contribution in [0.15, 0.2) is 6.20 Å². The quantitative estimate of drug-likeness (QED) is 0.900. The molecule has 1 aliphatic rings. The zero-order chi connectivity index (χ0) is 13.1. The molecule has 1 aliphatic heterocycles. The normalized spacial score (nSPS) is 21.7. The van der Waals surface area contributed by atoms with Gasteiger partial charge in [0.25, 0.3) is 0 Å². The van der Waals surface area contributed by atoms with Crippen LogP contribution in [0.1, 0.15) is 24.6 Å². The lowest BCUT2D eigenvalue weighted by molar-refractivity contribution is 0.366.